The average molecular weight is 225 g/mol. The zero-order chi connectivity index (χ0) is 11.5. The molecular formula is C11H19N3O2. The molecule has 0 aromatic rings. The van der Waals surface area contributed by atoms with Gasteiger partial charge in [-0.1, -0.05) is 0 Å². The minimum atomic E-state index is -0.273. The summed E-state index contributed by atoms with van der Waals surface area (Å²) in [6.07, 6.45) is 3.27. The summed E-state index contributed by atoms with van der Waals surface area (Å²) >= 11 is 0. The maximum absolute atomic E-state index is 12.2. The number of nitrogens with zero attached hydrogens (tertiary/aromatic N) is 1. The summed E-state index contributed by atoms with van der Waals surface area (Å²) in [4.78, 5) is 25.2. The smallest absolute Gasteiger partial charge is 0.245 e. The zero-order valence-corrected chi connectivity index (χ0v) is 9.66. The normalized spacial score (nSPS) is 29.6. The number of nitrogens with one attached hydrogen (secondary N) is 2. The lowest BCUT2D eigenvalue weighted by atomic mass is 10.1. The maximum atomic E-state index is 12.2. The number of hydrogen-bond acceptors (Lipinski definition) is 3. The molecule has 0 aliphatic carbocycles. The zero-order valence-electron chi connectivity index (χ0n) is 9.66. The molecule has 5 nitrogen and oxygen atoms in total. The van der Waals surface area contributed by atoms with E-state index in [0.29, 0.717) is 18.9 Å². The van der Waals surface area contributed by atoms with Gasteiger partial charge in [0, 0.05) is 25.6 Å². The molecule has 2 atom stereocenters. The average Bonchev–Trinajstić information content (AvgIpc) is 2.87. The third-order valence-electron chi connectivity index (χ3n) is 3.39. The Morgan fingerprint density at radius 2 is 2.38 bits per heavy atom. The summed E-state index contributed by atoms with van der Waals surface area (Å²) in [6, 6.07) is 0.0277. The van der Waals surface area contributed by atoms with Gasteiger partial charge in [0.15, 0.2) is 0 Å². The summed E-state index contributed by atoms with van der Waals surface area (Å²) < 4.78 is 0. The molecule has 0 bridgehead atoms. The predicted molar refractivity (Wildman–Crippen MR) is 59.8 cm³/mol. The monoisotopic (exact) mass is 225 g/mol. The van der Waals surface area contributed by atoms with E-state index >= 15 is 0 Å². The van der Waals surface area contributed by atoms with Crippen LogP contribution < -0.4 is 10.6 Å². The summed E-state index contributed by atoms with van der Waals surface area (Å²) in [6.45, 7) is 1.67. The van der Waals surface area contributed by atoms with Crippen molar-refractivity contribution in [3.05, 3.63) is 0 Å². The van der Waals surface area contributed by atoms with Gasteiger partial charge in [-0.25, -0.2) is 0 Å². The Morgan fingerprint density at radius 3 is 3.00 bits per heavy atom. The molecule has 2 amide bonds. The number of likely N-dealkylation sites (N-methyl/N-ethyl adjacent to an activating group) is 1. The molecule has 90 valence electrons. The number of rotatable bonds is 3. The van der Waals surface area contributed by atoms with Crippen LogP contribution in [0.2, 0.25) is 0 Å². The van der Waals surface area contributed by atoms with E-state index in [9.17, 15) is 9.59 Å². The lowest BCUT2D eigenvalue weighted by Crippen LogP contribution is -2.48. The maximum Gasteiger partial charge on any atom is 0.245 e. The molecular weight excluding hydrogens is 206 g/mol. The van der Waals surface area contributed by atoms with E-state index in [1.165, 1.54) is 0 Å². The van der Waals surface area contributed by atoms with E-state index in [2.05, 4.69) is 10.6 Å². The molecule has 0 spiro atoms. The Morgan fingerprint density at radius 1 is 1.56 bits per heavy atom. The SMILES string of the molecule is CNCC1CCCN1C(=O)C1CCC(=O)N1. The van der Waals surface area contributed by atoms with Gasteiger partial charge in [-0.2, -0.15) is 0 Å². The molecule has 0 saturated carbocycles. The second kappa shape index (κ2) is 4.82. The second-order valence-corrected chi connectivity index (χ2v) is 4.54. The highest BCUT2D eigenvalue weighted by molar-refractivity contribution is 5.91. The van der Waals surface area contributed by atoms with Crippen molar-refractivity contribution in [2.75, 3.05) is 20.1 Å². The summed E-state index contributed by atoms with van der Waals surface area (Å²) in [5.41, 5.74) is 0. The molecule has 0 aromatic heterocycles. The molecule has 2 fully saturated rings. The van der Waals surface area contributed by atoms with Gasteiger partial charge in [0.1, 0.15) is 6.04 Å². The third kappa shape index (κ3) is 2.19. The van der Waals surface area contributed by atoms with Gasteiger partial charge < -0.3 is 15.5 Å². The van der Waals surface area contributed by atoms with Gasteiger partial charge in [0.25, 0.3) is 0 Å². The molecule has 2 unspecified atom stereocenters. The van der Waals surface area contributed by atoms with Gasteiger partial charge in [0.05, 0.1) is 0 Å². The molecule has 16 heavy (non-hydrogen) atoms. The van der Waals surface area contributed by atoms with Crippen LogP contribution in [-0.4, -0.2) is 48.9 Å². The Labute approximate surface area is 95.6 Å². The first-order valence-electron chi connectivity index (χ1n) is 5.97. The standard InChI is InChI=1S/C11H19N3O2/c1-12-7-8-3-2-6-14(8)11(16)9-4-5-10(15)13-9/h8-9,12H,2-7H2,1H3,(H,13,15). The number of amides is 2. The van der Waals surface area contributed by atoms with Crippen LogP contribution in [0.4, 0.5) is 0 Å². The molecule has 2 N–H and O–H groups in total. The van der Waals surface area contributed by atoms with Crippen LogP contribution in [0.15, 0.2) is 0 Å². The van der Waals surface area contributed by atoms with Gasteiger partial charge in [-0.3, -0.25) is 9.59 Å². The van der Waals surface area contributed by atoms with Crippen LogP contribution in [0.3, 0.4) is 0 Å². The fourth-order valence-electron chi connectivity index (χ4n) is 2.57. The summed E-state index contributed by atoms with van der Waals surface area (Å²) in [5.74, 6) is 0.103. The topological polar surface area (TPSA) is 61.4 Å². The lowest BCUT2D eigenvalue weighted by molar-refractivity contribution is -0.135. The van der Waals surface area contributed by atoms with Crippen molar-refractivity contribution in [1.82, 2.24) is 15.5 Å². The molecule has 0 aromatic carbocycles. The van der Waals surface area contributed by atoms with Gasteiger partial charge in [-0.15, -0.1) is 0 Å². The minimum Gasteiger partial charge on any atom is -0.344 e. The Kier molecular flexibility index (Phi) is 3.43. The van der Waals surface area contributed by atoms with E-state index in [1.54, 1.807) is 0 Å². The number of carbonyl (C=O) groups is 2. The molecule has 0 radical (unpaired) electrons. The Balaban J connectivity index is 1.95. The fourth-order valence-corrected chi connectivity index (χ4v) is 2.57. The highest BCUT2D eigenvalue weighted by Crippen LogP contribution is 2.20. The number of carbonyl (C=O) groups excluding carboxylic acids is 2. The largest absolute Gasteiger partial charge is 0.344 e. The molecule has 2 heterocycles. The van der Waals surface area contributed by atoms with E-state index in [-0.39, 0.29) is 17.9 Å². The fraction of sp³-hybridized carbons (Fsp3) is 0.818. The Hall–Kier alpha value is -1.10. The van der Waals surface area contributed by atoms with E-state index in [4.69, 9.17) is 0 Å². The molecule has 2 aliphatic heterocycles. The highest BCUT2D eigenvalue weighted by atomic mass is 16.2. The summed E-state index contributed by atoms with van der Waals surface area (Å²) in [7, 11) is 1.90. The summed E-state index contributed by atoms with van der Waals surface area (Å²) in [5, 5.41) is 5.86. The van der Waals surface area contributed by atoms with E-state index in [1.807, 2.05) is 11.9 Å². The third-order valence-corrected chi connectivity index (χ3v) is 3.39. The Bertz CT molecular complexity index is 293. The van der Waals surface area contributed by atoms with E-state index in [0.717, 1.165) is 25.9 Å². The lowest BCUT2D eigenvalue weighted by Gasteiger charge is -2.27. The molecule has 2 rings (SSSR count). The minimum absolute atomic E-state index is 0.00251. The van der Waals surface area contributed by atoms with Crippen molar-refractivity contribution < 1.29 is 9.59 Å². The van der Waals surface area contributed by atoms with Crippen LogP contribution >= 0.6 is 0 Å². The van der Waals surface area contributed by atoms with Crippen LogP contribution in [0, 0.1) is 0 Å². The second-order valence-electron chi connectivity index (χ2n) is 4.54. The predicted octanol–water partition coefficient (Wildman–Crippen LogP) is -0.525. The van der Waals surface area contributed by atoms with Crippen molar-refractivity contribution in [3.63, 3.8) is 0 Å². The van der Waals surface area contributed by atoms with Gasteiger partial charge in [-0.05, 0) is 26.3 Å². The first-order valence-corrected chi connectivity index (χ1v) is 5.97. The molecule has 2 aliphatic rings. The van der Waals surface area contributed by atoms with Crippen molar-refractivity contribution in [2.24, 2.45) is 0 Å². The number of hydrogen-bond donors (Lipinski definition) is 2. The van der Waals surface area contributed by atoms with E-state index < -0.39 is 0 Å². The van der Waals surface area contributed by atoms with Crippen molar-refractivity contribution in [1.29, 1.82) is 0 Å². The van der Waals surface area contributed by atoms with Crippen molar-refractivity contribution in [3.8, 4) is 0 Å². The first kappa shape index (κ1) is 11.4. The van der Waals surface area contributed by atoms with Crippen LogP contribution in [0.25, 0.3) is 0 Å². The van der Waals surface area contributed by atoms with Crippen molar-refractivity contribution in [2.45, 2.75) is 37.8 Å². The van der Waals surface area contributed by atoms with Crippen LogP contribution in [-0.2, 0) is 9.59 Å². The highest BCUT2D eigenvalue weighted by Gasteiger charge is 2.35. The van der Waals surface area contributed by atoms with Gasteiger partial charge >= 0.3 is 0 Å². The quantitative estimate of drug-likeness (QED) is 0.679. The number of likely N-dealkylation sites (tertiary alicyclic amines) is 1. The molecule has 2 saturated heterocycles. The molecule has 5 heteroatoms. The van der Waals surface area contributed by atoms with Crippen molar-refractivity contribution >= 4 is 11.8 Å². The first-order chi connectivity index (χ1) is 7.72. The van der Waals surface area contributed by atoms with Crippen LogP contribution in [0.1, 0.15) is 25.7 Å². The van der Waals surface area contributed by atoms with Crippen LogP contribution in [0.5, 0.6) is 0 Å². The van der Waals surface area contributed by atoms with Gasteiger partial charge in [0.2, 0.25) is 11.8 Å².